The first-order valence-corrected chi connectivity index (χ1v) is 11.0. The number of nitrogens with zero attached hydrogens (tertiary/aromatic N) is 2. The molecular formula is C21H21F2N3O2S. The number of anilines is 1. The number of aromatic nitrogens is 2. The SMILES string of the molecule is O=S(=O)(c1ccc(N[C@@H]2CCCc3c2cnn3Cc2ccccc2)cc1)C(F)F. The fourth-order valence-electron chi connectivity index (χ4n) is 3.71. The van der Waals surface area contributed by atoms with Crippen LogP contribution in [0.5, 0.6) is 0 Å². The Bertz CT molecular complexity index is 1080. The molecule has 0 aliphatic heterocycles. The maximum absolute atomic E-state index is 12.7. The zero-order valence-electron chi connectivity index (χ0n) is 15.6. The lowest BCUT2D eigenvalue weighted by Gasteiger charge is -2.25. The molecule has 0 amide bonds. The number of rotatable bonds is 6. The molecule has 0 saturated heterocycles. The maximum Gasteiger partial charge on any atom is 0.341 e. The molecule has 0 bridgehead atoms. The maximum atomic E-state index is 12.7. The summed E-state index contributed by atoms with van der Waals surface area (Å²) in [5.74, 6) is -3.42. The summed E-state index contributed by atoms with van der Waals surface area (Å²) in [6.45, 7) is 0.711. The molecule has 0 fully saturated rings. The summed E-state index contributed by atoms with van der Waals surface area (Å²) in [6, 6.07) is 15.7. The van der Waals surface area contributed by atoms with Gasteiger partial charge in [0.05, 0.1) is 23.7 Å². The van der Waals surface area contributed by atoms with Crippen molar-refractivity contribution < 1.29 is 17.2 Å². The van der Waals surface area contributed by atoms with Crippen LogP contribution in [0.4, 0.5) is 14.5 Å². The zero-order chi connectivity index (χ0) is 20.4. The van der Waals surface area contributed by atoms with Gasteiger partial charge in [-0.25, -0.2) is 8.42 Å². The van der Waals surface area contributed by atoms with Crippen LogP contribution in [0.25, 0.3) is 0 Å². The minimum absolute atomic E-state index is 0.0424. The topological polar surface area (TPSA) is 64.0 Å². The largest absolute Gasteiger partial charge is 0.378 e. The Morgan fingerprint density at radius 3 is 2.52 bits per heavy atom. The van der Waals surface area contributed by atoms with E-state index in [9.17, 15) is 17.2 Å². The Morgan fingerprint density at radius 1 is 1.10 bits per heavy atom. The number of benzene rings is 2. The normalized spacial score (nSPS) is 16.6. The number of halogens is 2. The Balaban J connectivity index is 1.52. The van der Waals surface area contributed by atoms with Gasteiger partial charge < -0.3 is 5.32 Å². The molecule has 1 aliphatic carbocycles. The standard InChI is InChI=1S/C21H21F2N3O2S/c22-21(23)29(27,28)17-11-9-16(10-12-17)25-19-7-4-8-20-18(19)13-24-26(20)14-15-5-2-1-3-6-15/h1-3,5-6,9-13,19,21,25H,4,7-8,14H2/t19-/m1/s1. The zero-order valence-corrected chi connectivity index (χ0v) is 16.4. The van der Waals surface area contributed by atoms with Crippen molar-refractivity contribution in [2.45, 2.75) is 42.5 Å². The Morgan fingerprint density at radius 2 is 1.83 bits per heavy atom. The van der Waals surface area contributed by atoms with Crippen LogP contribution >= 0.6 is 0 Å². The molecule has 1 N–H and O–H groups in total. The molecule has 2 aromatic carbocycles. The highest BCUT2D eigenvalue weighted by atomic mass is 32.2. The van der Waals surface area contributed by atoms with Crippen LogP contribution in [0.1, 0.15) is 35.7 Å². The number of nitrogens with one attached hydrogen (secondary N) is 1. The second kappa shape index (κ2) is 7.94. The summed E-state index contributed by atoms with van der Waals surface area (Å²) in [7, 11) is -4.58. The van der Waals surface area contributed by atoms with Crippen LogP contribution in [-0.4, -0.2) is 24.0 Å². The van der Waals surface area contributed by atoms with Crippen LogP contribution in [0.2, 0.25) is 0 Å². The van der Waals surface area contributed by atoms with Crippen molar-refractivity contribution in [3.8, 4) is 0 Å². The molecule has 152 valence electrons. The monoisotopic (exact) mass is 417 g/mol. The van der Waals surface area contributed by atoms with Gasteiger partial charge in [0.2, 0.25) is 9.84 Å². The highest BCUT2D eigenvalue weighted by Gasteiger charge is 2.27. The Hall–Kier alpha value is -2.74. The van der Waals surface area contributed by atoms with Crippen molar-refractivity contribution in [1.82, 2.24) is 9.78 Å². The van der Waals surface area contributed by atoms with E-state index in [0.29, 0.717) is 12.2 Å². The number of hydrogen-bond donors (Lipinski definition) is 1. The van der Waals surface area contributed by atoms with Gasteiger partial charge in [0.15, 0.2) is 0 Å². The number of hydrogen-bond acceptors (Lipinski definition) is 4. The van der Waals surface area contributed by atoms with Gasteiger partial charge in [-0.1, -0.05) is 30.3 Å². The summed E-state index contributed by atoms with van der Waals surface area (Å²) >= 11 is 0. The molecule has 0 spiro atoms. The molecular weight excluding hydrogens is 396 g/mol. The van der Waals surface area contributed by atoms with E-state index < -0.39 is 15.6 Å². The fraction of sp³-hybridized carbons (Fsp3) is 0.286. The Kier molecular flexibility index (Phi) is 5.36. The van der Waals surface area contributed by atoms with Crippen molar-refractivity contribution in [2.24, 2.45) is 0 Å². The third-order valence-electron chi connectivity index (χ3n) is 5.20. The number of fused-ring (bicyclic) bond motifs is 1. The second-order valence-corrected chi connectivity index (χ2v) is 9.03. The van der Waals surface area contributed by atoms with Gasteiger partial charge in [-0.15, -0.1) is 0 Å². The average molecular weight is 417 g/mol. The third kappa shape index (κ3) is 4.03. The van der Waals surface area contributed by atoms with Gasteiger partial charge >= 0.3 is 5.76 Å². The predicted octanol–water partition coefficient (Wildman–Crippen LogP) is 4.42. The van der Waals surface area contributed by atoms with Gasteiger partial charge in [-0.3, -0.25) is 4.68 Å². The van der Waals surface area contributed by atoms with E-state index in [1.807, 2.05) is 29.1 Å². The van der Waals surface area contributed by atoms with Crippen LogP contribution < -0.4 is 5.32 Å². The molecule has 29 heavy (non-hydrogen) atoms. The third-order valence-corrected chi connectivity index (χ3v) is 6.59. The van der Waals surface area contributed by atoms with Crippen LogP contribution in [0, 0.1) is 0 Å². The van der Waals surface area contributed by atoms with E-state index in [2.05, 4.69) is 22.5 Å². The molecule has 1 heterocycles. The summed E-state index contributed by atoms with van der Waals surface area (Å²) in [4.78, 5) is -0.377. The van der Waals surface area contributed by atoms with Gasteiger partial charge in [-0.05, 0) is 49.1 Å². The summed E-state index contributed by atoms with van der Waals surface area (Å²) < 4.78 is 50.5. The predicted molar refractivity (Wildman–Crippen MR) is 107 cm³/mol. The number of sulfone groups is 1. The molecule has 3 aromatic rings. The van der Waals surface area contributed by atoms with E-state index >= 15 is 0 Å². The highest BCUT2D eigenvalue weighted by Crippen LogP contribution is 2.33. The van der Waals surface area contributed by atoms with Crippen molar-refractivity contribution in [3.05, 3.63) is 77.6 Å². The molecule has 4 rings (SSSR count). The molecule has 0 unspecified atom stereocenters. The van der Waals surface area contributed by atoms with Crippen molar-refractivity contribution in [1.29, 1.82) is 0 Å². The lowest BCUT2D eigenvalue weighted by atomic mass is 9.92. The number of alkyl halides is 2. The Labute approximate surface area is 168 Å². The molecule has 1 aromatic heterocycles. The van der Waals surface area contributed by atoms with Crippen LogP contribution in [-0.2, 0) is 22.8 Å². The van der Waals surface area contributed by atoms with Crippen molar-refractivity contribution in [3.63, 3.8) is 0 Å². The van der Waals surface area contributed by atoms with Crippen LogP contribution in [0.15, 0.2) is 65.7 Å². The lowest BCUT2D eigenvalue weighted by molar-refractivity contribution is 0.234. The van der Waals surface area contributed by atoms with Gasteiger partial charge in [0, 0.05) is 16.9 Å². The van der Waals surface area contributed by atoms with Gasteiger partial charge in [-0.2, -0.15) is 13.9 Å². The summed E-state index contributed by atoms with van der Waals surface area (Å²) in [5.41, 5.74) is 4.18. The quantitative estimate of drug-likeness (QED) is 0.645. The molecule has 8 heteroatoms. The first-order valence-electron chi connectivity index (χ1n) is 9.42. The summed E-state index contributed by atoms with van der Waals surface area (Å²) in [5, 5.41) is 7.95. The van der Waals surface area contributed by atoms with Crippen molar-refractivity contribution >= 4 is 15.5 Å². The van der Waals surface area contributed by atoms with E-state index in [-0.39, 0.29) is 10.9 Å². The van der Waals surface area contributed by atoms with E-state index in [4.69, 9.17) is 0 Å². The molecule has 0 radical (unpaired) electrons. The second-order valence-electron chi connectivity index (χ2n) is 7.11. The molecule has 0 saturated carbocycles. The minimum atomic E-state index is -4.58. The lowest BCUT2D eigenvalue weighted by Crippen LogP contribution is -2.19. The highest BCUT2D eigenvalue weighted by molar-refractivity contribution is 7.91. The van der Waals surface area contributed by atoms with E-state index in [0.717, 1.165) is 24.8 Å². The minimum Gasteiger partial charge on any atom is -0.378 e. The molecule has 1 atom stereocenters. The first-order chi connectivity index (χ1) is 13.9. The first kappa shape index (κ1) is 19.6. The average Bonchev–Trinajstić information content (AvgIpc) is 3.13. The van der Waals surface area contributed by atoms with Crippen LogP contribution in [0.3, 0.4) is 0 Å². The van der Waals surface area contributed by atoms with Gasteiger partial charge in [0.1, 0.15) is 0 Å². The summed E-state index contributed by atoms with van der Waals surface area (Å²) in [6.07, 6.45) is 4.75. The van der Waals surface area contributed by atoms with Crippen molar-refractivity contribution in [2.75, 3.05) is 5.32 Å². The molecule has 5 nitrogen and oxygen atoms in total. The van der Waals surface area contributed by atoms with E-state index in [1.54, 1.807) is 0 Å². The fourth-order valence-corrected chi connectivity index (χ4v) is 4.43. The van der Waals surface area contributed by atoms with Gasteiger partial charge in [0.25, 0.3) is 0 Å². The smallest absolute Gasteiger partial charge is 0.341 e. The van der Waals surface area contributed by atoms with E-state index in [1.165, 1.54) is 35.5 Å². The molecule has 1 aliphatic rings.